The Hall–Kier alpha value is -2.61. The molecule has 0 saturated carbocycles. The molecule has 0 radical (unpaired) electrons. The number of carbonyl (C=O) groups is 1. The Morgan fingerprint density at radius 3 is 2.95 bits per heavy atom. The molecule has 1 amide bonds. The van der Waals surface area contributed by atoms with E-state index < -0.39 is 17.5 Å². The fourth-order valence-electron chi connectivity index (χ4n) is 1.82. The van der Waals surface area contributed by atoms with Gasteiger partial charge in [0, 0.05) is 0 Å². The highest BCUT2D eigenvalue weighted by Crippen LogP contribution is 2.20. The molecule has 0 aliphatic rings. The third-order valence-electron chi connectivity index (χ3n) is 2.86. The molecule has 0 aliphatic carbocycles. The molecular formula is C14H10F2N4OS. The molecule has 2 heterocycles. The van der Waals surface area contributed by atoms with Crippen molar-refractivity contribution in [2.24, 2.45) is 0 Å². The predicted octanol–water partition coefficient (Wildman–Crippen LogP) is 2.74. The van der Waals surface area contributed by atoms with Gasteiger partial charge in [-0.05, 0) is 29.6 Å². The van der Waals surface area contributed by atoms with Crippen LogP contribution >= 0.6 is 11.3 Å². The Balaban J connectivity index is 1.67. The molecule has 0 aliphatic heterocycles. The molecule has 5 nitrogen and oxygen atoms in total. The number of H-pyrrole nitrogens is 1. The smallest absolute Gasteiger partial charge is 0.254 e. The van der Waals surface area contributed by atoms with E-state index in [-0.39, 0.29) is 12.1 Å². The van der Waals surface area contributed by atoms with E-state index in [0.717, 1.165) is 23.1 Å². The van der Waals surface area contributed by atoms with Gasteiger partial charge in [0.2, 0.25) is 0 Å². The van der Waals surface area contributed by atoms with E-state index in [1.54, 1.807) is 0 Å². The minimum absolute atomic E-state index is 0.0349. The van der Waals surface area contributed by atoms with Gasteiger partial charge in [-0.25, -0.2) is 13.8 Å². The van der Waals surface area contributed by atoms with Crippen molar-refractivity contribution in [2.45, 2.75) is 6.54 Å². The molecule has 3 rings (SSSR count). The molecular weight excluding hydrogens is 310 g/mol. The van der Waals surface area contributed by atoms with Gasteiger partial charge in [-0.2, -0.15) is 5.10 Å². The van der Waals surface area contributed by atoms with Crippen LogP contribution in [0.2, 0.25) is 0 Å². The van der Waals surface area contributed by atoms with Crippen LogP contribution in [0.1, 0.15) is 16.2 Å². The fourth-order valence-corrected chi connectivity index (χ4v) is 2.48. The topological polar surface area (TPSA) is 70.7 Å². The summed E-state index contributed by atoms with van der Waals surface area (Å²) < 4.78 is 26.5. The van der Waals surface area contributed by atoms with Gasteiger partial charge in [-0.1, -0.05) is 6.07 Å². The minimum atomic E-state index is -0.782. The molecule has 8 heteroatoms. The maximum atomic E-state index is 13.5. The zero-order valence-electron chi connectivity index (χ0n) is 11.1. The molecule has 0 fully saturated rings. The lowest BCUT2D eigenvalue weighted by atomic mass is 10.2. The van der Waals surface area contributed by atoms with E-state index in [2.05, 4.69) is 20.5 Å². The van der Waals surface area contributed by atoms with Crippen LogP contribution in [0, 0.1) is 11.6 Å². The van der Waals surface area contributed by atoms with Crippen LogP contribution < -0.4 is 5.32 Å². The number of carbonyl (C=O) groups excluding carboxylic acids is 1. The summed E-state index contributed by atoms with van der Waals surface area (Å²) in [5.74, 6) is -1.22. The number of amides is 1. The molecule has 2 aromatic heterocycles. The molecule has 2 N–H and O–H groups in total. The number of hydrogen-bond acceptors (Lipinski definition) is 4. The quantitative estimate of drug-likeness (QED) is 0.776. The van der Waals surface area contributed by atoms with E-state index in [1.165, 1.54) is 11.3 Å². The first-order valence-electron chi connectivity index (χ1n) is 6.32. The first-order chi connectivity index (χ1) is 10.6. The summed E-state index contributed by atoms with van der Waals surface area (Å²) in [6.45, 7) is 0.0349. The molecule has 22 heavy (non-hydrogen) atoms. The summed E-state index contributed by atoms with van der Waals surface area (Å²) in [6.07, 6.45) is 0. The average molecular weight is 320 g/mol. The number of rotatable bonds is 4. The number of thiophene rings is 1. The van der Waals surface area contributed by atoms with Gasteiger partial charge in [-0.3, -0.25) is 9.89 Å². The highest BCUT2D eigenvalue weighted by Gasteiger charge is 2.13. The molecule has 0 saturated heterocycles. The average Bonchev–Trinajstić information content (AvgIpc) is 3.17. The number of hydrogen-bond donors (Lipinski definition) is 2. The lowest BCUT2D eigenvalue weighted by Gasteiger charge is -2.04. The van der Waals surface area contributed by atoms with E-state index >= 15 is 0 Å². The van der Waals surface area contributed by atoms with Crippen molar-refractivity contribution < 1.29 is 13.6 Å². The lowest BCUT2D eigenvalue weighted by Crippen LogP contribution is -2.24. The zero-order valence-corrected chi connectivity index (χ0v) is 12.0. The van der Waals surface area contributed by atoms with Gasteiger partial charge >= 0.3 is 0 Å². The third-order valence-corrected chi connectivity index (χ3v) is 3.73. The van der Waals surface area contributed by atoms with Crippen LogP contribution in [0.15, 0.2) is 35.7 Å². The molecule has 0 atom stereocenters. The Morgan fingerprint density at radius 2 is 2.18 bits per heavy atom. The normalized spacial score (nSPS) is 10.6. The van der Waals surface area contributed by atoms with Gasteiger partial charge in [0.05, 0.1) is 17.0 Å². The largest absolute Gasteiger partial charge is 0.345 e. The Labute approximate surface area is 128 Å². The fraction of sp³-hybridized carbons (Fsp3) is 0.0714. The second-order valence-electron chi connectivity index (χ2n) is 4.39. The summed E-state index contributed by atoms with van der Waals surface area (Å²) in [5, 5.41) is 11.1. The van der Waals surface area contributed by atoms with Crippen LogP contribution in [0.4, 0.5) is 8.78 Å². The van der Waals surface area contributed by atoms with Gasteiger partial charge in [0.1, 0.15) is 17.5 Å². The summed E-state index contributed by atoms with van der Waals surface area (Å²) in [7, 11) is 0. The SMILES string of the molecule is O=C(NCc1nc(-c2cccs2)n[nH]1)c1cc(F)ccc1F. The van der Waals surface area contributed by atoms with Crippen LogP contribution in [0.5, 0.6) is 0 Å². The van der Waals surface area contributed by atoms with Crippen LogP contribution in [-0.2, 0) is 6.54 Å². The number of halogens is 2. The van der Waals surface area contributed by atoms with Crippen molar-refractivity contribution in [3.8, 4) is 10.7 Å². The van der Waals surface area contributed by atoms with Gasteiger partial charge in [0.15, 0.2) is 5.82 Å². The minimum Gasteiger partial charge on any atom is -0.345 e. The van der Waals surface area contributed by atoms with Crippen molar-refractivity contribution in [3.05, 3.63) is 58.7 Å². The summed E-state index contributed by atoms with van der Waals surface area (Å²) in [6, 6.07) is 6.47. The summed E-state index contributed by atoms with van der Waals surface area (Å²) >= 11 is 1.49. The maximum absolute atomic E-state index is 13.5. The second kappa shape index (κ2) is 6.02. The highest BCUT2D eigenvalue weighted by molar-refractivity contribution is 7.13. The molecule has 0 unspecified atom stereocenters. The monoisotopic (exact) mass is 320 g/mol. The molecule has 112 valence electrons. The Bertz CT molecular complexity index is 801. The van der Waals surface area contributed by atoms with E-state index in [0.29, 0.717) is 11.6 Å². The van der Waals surface area contributed by atoms with Gasteiger partial charge in [-0.15, -0.1) is 11.3 Å². The first-order valence-corrected chi connectivity index (χ1v) is 7.20. The third kappa shape index (κ3) is 3.01. The predicted molar refractivity (Wildman–Crippen MR) is 77.2 cm³/mol. The van der Waals surface area contributed by atoms with Gasteiger partial charge in [0.25, 0.3) is 5.91 Å². The van der Waals surface area contributed by atoms with Crippen LogP contribution in [-0.4, -0.2) is 21.1 Å². The van der Waals surface area contributed by atoms with E-state index in [1.807, 2.05) is 17.5 Å². The van der Waals surface area contributed by atoms with Gasteiger partial charge < -0.3 is 5.32 Å². The van der Waals surface area contributed by atoms with Crippen molar-refractivity contribution in [3.63, 3.8) is 0 Å². The Morgan fingerprint density at radius 1 is 1.32 bits per heavy atom. The summed E-state index contributed by atoms with van der Waals surface area (Å²) in [5.41, 5.74) is -0.349. The van der Waals surface area contributed by atoms with Crippen molar-refractivity contribution in [1.29, 1.82) is 0 Å². The van der Waals surface area contributed by atoms with Crippen molar-refractivity contribution >= 4 is 17.2 Å². The van der Waals surface area contributed by atoms with Crippen LogP contribution in [0.25, 0.3) is 10.7 Å². The summed E-state index contributed by atoms with van der Waals surface area (Å²) in [4.78, 5) is 17.0. The molecule has 3 aromatic rings. The zero-order chi connectivity index (χ0) is 15.5. The van der Waals surface area contributed by atoms with Crippen molar-refractivity contribution in [2.75, 3.05) is 0 Å². The molecule has 1 aromatic carbocycles. The molecule has 0 bridgehead atoms. The van der Waals surface area contributed by atoms with E-state index in [9.17, 15) is 13.6 Å². The maximum Gasteiger partial charge on any atom is 0.254 e. The first kappa shape index (κ1) is 14.3. The molecule has 0 spiro atoms. The van der Waals surface area contributed by atoms with Crippen molar-refractivity contribution in [1.82, 2.24) is 20.5 Å². The number of nitrogens with zero attached hydrogens (tertiary/aromatic N) is 2. The number of aromatic amines is 1. The number of benzene rings is 1. The number of nitrogens with one attached hydrogen (secondary N) is 2. The standard InChI is InChI=1S/C14H10F2N4OS/c15-8-3-4-10(16)9(6-8)14(21)17-7-12-18-13(20-19-12)11-2-1-5-22-11/h1-6H,7H2,(H,17,21)(H,18,19,20). The highest BCUT2D eigenvalue weighted by atomic mass is 32.1. The van der Waals surface area contributed by atoms with E-state index in [4.69, 9.17) is 0 Å². The Kier molecular flexibility index (Phi) is 3.92. The second-order valence-corrected chi connectivity index (χ2v) is 5.34. The number of aromatic nitrogens is 3. The van der Waals surface area contributed by atoms with Crippen LogP contribution in [0.3, 0.4) is 0 Å². The lowest BCUT2D eigenvalue weighted by molar-refractivity contribution is 0.0945.